The van der Waals surface area contributed by atoms with E-state index in [2.05, 4.69) is 4.98 Å². The molecule has 0 bridgehead atoms. The van der Waals surface area contributed by atoms with Gasteiger partial charge in [-0.1, -0.05) is 59.6 Å². The number of hydrogen-bond acceptors (Lipinski definition) is 6. The van der Waals surface area contributed by atoms with Gasteiger partial charge in [-0.15, -0.1) is 22.7 Å². The van der Waals surface area contributed by atoms with Crippen LogP contribution in [-0.4, -0.2) is 14.4 Å². The van der Waals surface area contributed by atoms with Gasteiger partial charge in [-0.05, 0) is 30.2 Å². The zero-order valence-corrected chi connectivity index (χ0v) is 20.6. The largest absolute Gasteiger partial charge is 0.481 e. The van der Waals surface area contributed by atoms with Crippen molar-refractivity contribution in [1.82, 2.24) is 14.4 Å². The van der Waals surface area contributed by atoms with Crippen molar-refractivity contribution < 1.29 is 4.74 Å². The van der Waals surface area contributed by atoms with Crippen LogP contribution in [0.1, 0.15) is 20.9 Å². The molecule has 0 saturated heterocycles. The maximum absolute atomic E-state index is 13.3. The first-order valence-corrected chi connectivity index (χ1v) is 12.5. The fourth-order valence-electron chi connectivity index (χ4n) is 3.39. The first-order valence-electron chi connectivity index (χ1n) is 10.1. The molecule has 0 aliphatic rings. The lowest BCUT2D eigenvalue weighted by Crippen LogP contribution is -2.17. The first-order chi connectivity index (χ1) is 16.0. The number of aromatic nitrogens is 3. The lowest BCUT2D eigenvalue weighted by molar-refractivity contribution is 0.301. The predicted molar refractivity (Wildman–Crippen MR) is 135 cm³/mol. The number of hydrogen-bond donors (Lipinski definition) is 0. The molecule has 9 heteroatoms. The SMILES string of the molecule is Cc1cn2c(=O)c(OCc3ccccc3)c(-c3ncc(Cc4ccc(Cl)c(Cl)c4)s3)nc2s1. The van der Waals surface area contributed by atoms with Crippen molar-refractivity contribution in [1.29, 1.82) is 0 Å². The molecule has 0 atom stereocenters. The monoisotopic (exact) mass is 513 g/mol. The molecule has 3 aromatic heterocycles. The lowest BCUT2D eigenvalue weighted by atomic mass is 10.1. The summed E-state index contributed by atoms with van der Waals surface area (Å²) in [4.78, 5) is 25.2. The van der Waals surface area contributed by atoms with Gasteiger partial charge < -0.3 is 4.74 Å². The van der Waals surface area contributed by atoms with Crippen molar-refractivity contribution >= 4 is 50.8 Å². The normalized spacial score (nSPS) is 11.2. The quantitative estimate of drug-likeness (QED) is 0.254. The summed E-state index contributed by atoms with van der Waals surface area (Å²) in [6.07, 6.45) is 4.23. The zero-order chi connectivity index (χ0) is 22.9. The van der Waals surface area contributed by atoms with E-state index in [0.717, 1.165) is 20.9 Å². The van der Waals surface area contributed by atoms with E-state index in [1.807, 2.05) is 49.4 Å². The van der Waals surface area contributed by atoms with Crippen LogP contribution in [-0.2, 0) is 13.0 Å². The molecule has 0 saturated carbocycles. The number of aryl methyl sites for hydroxylation is 1. The Morgan fingerprint density at radius 1 is 1.03 bits per heavy atom. The molecule has 0 aliphatic heterocycles. The third-order valence-corrected chi connectivity index (χ3v) is 7.59. The van der Waals surface area contributed by atoms with Crippen LogP contribution < -0.4 is 10.3 Å². The zero-order valence-electron chi connectivity index (χ0n) is 17.4. The van der Waals surface area contributed by atoms with Crippen LogP contribution >= 0.6 is 45.9 Å². The molecule has 0 fully saturated rings. The molecule has 0 N–H and O–H groups in total. The van der Waals surface area contributed by atoms with Crippen LogP contribution in [0.25, 0.3) is 15.7 Å². The van der Waals surface area contributed by atoms with Crippen LogP contribution in [0, 0.1) is 6.92 Å². The standard InChI is InChI=1S/C24H17Cl2N3O2S2/c1-14-12-29-23(30)21(31-13-15-5-3-2-4-6-15)20(28-24(29)32-14)22-27-11-17(33-22)9-16-7-8-18(25)19(26)10-16/h2-8,10-12H,9,13H2,1H3. The predicted octanol–water partition coefficient (Wildman–Crippen LogP) is 6.66. The molecule has 0 unspecified atom stereocenters. The highest BCUT2D eigenvalue weighted by molar-refractivity contribution is 7.17. The fourth-order valence-corrected chi connectivity index (χ4v) is 5.46. The molecule has 3 heterocycles. The second-order valence-electron chi connectivity index (χ2n) is 7.42. The van der Waals surface area contributed by atoms with Gasteiger partial charge in [0.1, 0.15) is 17.3 Å². The topological polar surface area (TPSA) is 56.5 Å². The molecule has 0 aliphatic carbocycles. The van der Waals surface area contributed by atoms with Crippen LogP contribution in [0.4, 0.5) is 0 Å². The summed E-state index contributed by atoms with van der Waals surface area (Å²) >= 11 is 15.1. The molecule has 5 aromatic rings. The highest BCUT2D eigenvalue weighted by Gasteiger charge is 2.20. The minimum absolute atomic E-state index is 0.199. The number of benzene rings is 2. The summed E-state index contributed by atoms with van der Waals surface area (Å²) in [5.41, 5.74) is 2.21. The van der Waals surface area contributed by atoms with Gasteiger partial charge in [0.05, 0.1) is 10.0 Å². The molecule has 0 spiro atoms. The molecule has 5 rings (SSSR count). The Labute approximate surface area is 207 Å². The van der Waals surface area contributed by atoms with E-state index in [0.29, 0.717) is 32.1 Å². The molecule has 5 nitrogen and oxygen atoms in total. The second-order valence-corrected chi connectivity index (χ2v) is 10.6. The fraction of sp³-hybridized carbons (Fsp3) is 0.125. The maximum Gasteiger partial charge on any atom is 0.301 e. The van der Waals surface area contributed by atoms with Crippen molar-refractivity contribution in [3.63, 3.8) is 0 Å². The molecule has 33 heavy (non-hydrogen) atoms. The first kappa shape index (κ1) is 22.1. The van der Waals surface area contributed by atoms with Crippen molar-refractivity contribution in [2.24, 2.45) is 0 Å². The van der Waals surface area contributed by atoms with Gasteiger partial charge in [0.15, 0.2) is 4.96 Å². The maximum atomic E-state index is 13.3. The van der Waals surface area contributed by atoms with Crippen molar-refractivity contribution in [2.75, 3.05) is 0 Å². The number of ether oxygens (including phenoxy) is 1. The van der Waals surface area contributed by atoms with Gasteiger partial charge in [0, 0.05) is 28.6 Å². The highest BCUT2D eigenvalue weighted by atomic mass is 35.5. The Balaban J connectivity index is 1.52. The minimum atomic E-state index is -0.239. The number of thiazole rings is 2. The average Bonchev–Trinajstić information content (AvgIpc) is 3.42. The van der Waals surface area contributed by atoms with E-state index in [1.165, 1.54) is 27.1 Å². The Bertz CT molecular complexity index is 1510. The summed E-state index contributed by atoms with van der Waals surface area (Å²) in [5.74, 6) is 0.199. The van der Waals surface area contributed by atoms with E-state index in [4.69, 9.17) is 32.9 Å². The highest BCUT2D eigenvalue weighted by Crippen LogP contribution is 2.33. The average molecular weight is 514 g/mol. The summed E-state index contributed by atoms with van der Waals surface area (Å²) in [6.45, 7) is 2.21. The summed E-state index contributed by atoms with van der Waals surface area (Å²) < 4.78 is 7.56. The van der Waals surface area contributed by atoms with E-state index in [-0.39, 0.29) is 17.9 Å². The smallest absolute Gasteiger partial charge is 0.301 e. The van der Waals surface area contributed by atoms with E-state index >= 15 is 0 Å². The molecular weight excluding hydrogens is 497 g/mol. The van der Waals surface area contributed by atoms with Gasteiger partial charge in [-0.25, -0.2) is 9.97 Å². The van der Waals surface area contributed by atoms with Crippen molar-refractivity contribution in [3.8, 4) is 16.5 Å². The van der Waals surface area contributed by atoms with Crippen LogP contribution in [0.15, 0.2) is 65.7 Å². The summed E-state index contributed by atoms with van der Waals surface area (Å²) in [6, 6.07) is 15.3. The van der Waals surface area contributed by atoms with Gasteiger partial charge >= 0.3 is 5.56 Å². The van der Waals surface area contributed by atoms with Crippen molar-refractivity contribution in [2.45, 2.75) is 20.0 Å². The van der Waals surface area contributed by atoms with Gasteiger partial charge in [-0.3, -0.25) is 9.20 Å². The molecule has 166 valence electrons. The van der Waals surface area contributed by atoms with E-state index in [1.54, 1.807) is 18.5 Å². The third kappa shape index (κ3) is 4.68. The molecule has 2 aromatic carbocycles. The Morgan fingerprint density at radius 2 is 1.85 bits per heavy atom. The van der Waals surface area contributed by atoms with Gasteiger partial charge in [0.25, 0.3) is 0 Å². The third-order valence-electron chi connectivity index (χ3n) is 4.95. The lowest BCUT2D eigenvalue weighted by Gasteiger charge is -2.09. The van der Waals surface area contributed by atoms with Gasteiger partial charge in [-0.2, -0.15) is 0 Å². The van der Waals surface area contributed by atoms with E-state index < -0.39 is 0 Å². The second kappa shape index (κ2) is 9.27. The van der Waals surface area contributed by atoms with Gasteiger partial charge in [0.2, 0.25) is 5.75 Å². The number of nitrogens with zero attached hydrogens (tertiary/aromatic N) is 3. The van der Waals surface area contributed by atoms with Crippen LogP contribution in [0.5, 0.6) is 5.75 Å². The van der Waals surface area contributed by atoms with Crippen molar-refractivity contribution in [3.05, 3.63) is 102 Å². The number of halogens is 2. The number of fused-ring (bicyclic) bond motifs is 1. The van der Waals surface area contributed by atoms with Crippen LogP contribution in [0.2, 0.25) is 10.0 Å². The Kier molecular flexibility index (Phi) is 6.21. The Morgan fingerprint density at radius 3 is 2.64 bits per heavy atom. The molecular formula is C24H17Cl2N3O2S2. The van der Waals surface area contributed by atoms with E-state index in [9.17, 15) is 4.79 Å². The Hall–Kier alpha value is -2.71. The summed E-state index contributed by atoms with van der Waals surface area (Å²) in [7, 11) is 0. The number of rotatable bonds is 6. The van der Waals surface area contributed by atoms with Crippen LogP contribution in [0.3, 0.4) is 0 Å². The minimum Gasteiger partial charge on any atom is -0.481 e. The molecule has 0 amide bonds. The summed E-state index contributed by atoms with van der Waals surface area (Å²) in [5, 5.41) is 1.68. The molecule has 0 radical (unpaired) electrons.